The van der Waals surface area contributed by atoms with Gasteiger partial charge in [-0.3, -0.25) is 19.4 Å². The maximum absolute atomic E-state index is 13.6. The summed E-state index contributed by atoms with van der Waals surface area (Å²) >= 11 is 0. The first-order valence-corrected chi connectivity index (χ1v) is 10.2. The van der Waals surface area contributed by atoms with E-state index in [1.54, 1.807) is 30.4 Å². The van der Waals surface area contributed by atoms with Crippen molar-refractivity contribution in [1.29, 1.82) is 5.26 Å². The number of alkyl halides is 2. The molecular formula is C23H19F2N5O3. The van der Waals surface area contributed by atoms with Crippen LogP contribution in [-0.4, -0.2) is 52.7 Å². The number of nitriles is 1. The zero-order valence-electron chi connectivity index (χ0n) is 17.3. The number of benzene rings is 1. The molecule has 3 amide bonds. The zero-order chi connectivity index (χ0) is 23.6. The maximum atomic E-state index is 13.6. The predicted octanol–water partition coefficient (Wildman–Crippen LogP) is 1.98. The van der Waals surface area contributed by atoms with Crippen LogP contribution in [0.2, 0.25) is 0 Å². The van der Waals surface area contributed by atoms with Gasteiger partial charge in [0.25, 0.3) is 17.7 Å². The molecule has 0 spiro atoms. The van der Waals surface area contributed by atoms with Gasteiger partial charge in [0, 0.05) is 42.0 Å². The Labute approximate surface area is 187 Å². The molecule has 1 aromatic heterocycles. The molecule has 0 aliphatic carbocycles. The fourth-order valence-electron chi connectivity index (χ4n) is 3.84. The average Bonchev–Trinajstić information content (AvgIpc) is 3.34. The van der Waals surface area contributed by atoms with Crippen LogP contribution in [0, 0.1) is 11.3 Å². The predicted molar refractivity (Wildman–Crippen MR) is 114 cm³/mol. The van der Waals surface area contributed by atoms with Gasteiger partial charge in [-0.05, 0) is 29.3 Å². The number of nitrogens with zero attached hydrogens (tertiary/aromatic N) is 3. The Balaban J connectivity index is 1.43. The lowest BCUT2D eigenvalue weighted by molar-refractivity contribution is -0.131. The van der Waals surface area contributed by atoms with E-state index in [9.17, 15) is 23.2 Å². The van der Waals surface area contributed by atoms with Crippen molar-refractivity contribution in [2.24, 2.45) is 0 Å². The van der Waals surface area contributed by atoms with E-state index >= 15 is 0 Å². The van der Waals surface area contributed by atoms with Gasteiger partial charge < -0.3 is 15.5 Å². The SMILES string of the molecule is N#CC1CC(F)(F)CN1C(=O)CNC(=O)c1ccncc1/C=C/c1ccc2c(c1)CNC2=O. The summed E-state index contributed by atoms with van der Waals surface area (Å²) in [4.78, 5) is 41.5. The number of carbonyl (C=O) groups excluding carboxylic acids is 3. The lowest BCUT2D eigenvalue weighted by Crippen LogP contribution is -2.43. The summed E-state index contributed by atoms with van der Waals surface area (Å²) in [6, 6.07) is 7.35. The van der Waals surface area contributed by atoms with Crippen molar-refractivity contribution in [3.63, 3.8) is 0 Å². The molecule has 2 N–H and O–H groups in total. The number of rotatable bonds is 5. The minimum Gasteiger partial charge on any atom is -0.348 e. The molecule has 1 atom stereocenters. The van der Waals surface area contributed by atoms with E-state index in [1.165, 1.54) is 18.5 Å². The maximum Gasteiger partial charge on any atom is 0.268 e. The topological polar surface area (TPSA) is 115 Å². The first-order valence-electron chi connectivity index (χ1n) is 10.2. The summed E-state index contributed by atoms with van der Waals surface area (Å²) in [5.74, 6) is -4.56. The quantitative estimate of drug-likeness (QED) is 0.722. The zero-order valence-corrected chi connectivity index (χ0v) is 17.3. The molecule has 1 saturated heterocycles. The van der Waals surface area contributed by atoms with Crippen molar-refractivity contribution in [2.75, 3.05) is 13.1 Å². The third-order valence-corrected chi connectivity index (χ3v) is 5.50. The Bertz CT molecular complexity index is 1200. The molecular weight excluding hydrogens is 432 g/mol. The van der Waals surface area contributed by atoms with Gasteiger partial charge in [-0.25, -0.2) is 8.78 Å². The number of likely N-dealkylation sites (tertiary alicyclic amines) is 1. The third kappa shape index (κ3) is 4.72. The van der Waals surface area contributed by atoms with Crippen LogP contribution in [0.5, 0.6) is 0 Å². The number of carbonyl (C=O) groups is 3. The van der Waals surface area contributed by atoms with Gasteiger partial charge in [0.05, 0.1) is 19.2 Å². The molecule has 33 heavy (non-hydrogen) atoms. The van der Waals surface area contributed by atoms with Crippen LogP contribution in [0.1, 0.15) is 43.8 Å². The normalized spacial score (nSPS) is 18.6. The van der Waals surface area contributed by atoms with Crippen LogP contribution in [0.15, 0.2) is 36.7 Å². The Hall–Kier alpha value is -4.13. The van der Waals surface area contributed by atoms with Crippen molar-refractivity contribution in [3.8, 4) is 6.07 Å². The number of hydrogen-bond acceptors (Lipinski definition) is 5. The molecule has 0 bridgehead atoms. The minimum absolute atomic E-state index is 0.111. The highest BCUT2D eigenvalue weighted by molar-refractivity contribution is 6.00. The van der Waals surface area contributed by atoms with E-state index in [0.29, 0.717) is 17.7 Å². The van der Waals surface area contributed by atoms with E-state index in [2.05, 4.69) is 15.6 Å². The van der Waals surface area contributed by atoms with Gasteiger partial charge in [0.2, 0.25) is 5.91 Å². The van der Waals surface area contributed by atoms with E-state index < -0.39 is 43.3 Å². The van der Waals surface area contributed by atoms with Crippen molar-refractivity contribution >= 4 is 29.9 Å². The summed E-state index contributed by atoms with van der Waals surface area (Å²) in [6.45, 7) is -0.893. The van der Waals surface area contributed by atoms with Gasteiger partial charge in [0.15, 0.2) is 0 Å². The van der Waals surface area contributed by atoms with Crippen LogP contribution in [-0.2, 0) is 11.3 Å². The number of pyridine rings is 1. The van der Waals surface area contributed by atoms with Crippen LogP contribution < -0.4 is 10.6 Å². The van der Waals surface area contributed by atoms with Crippen LogP contribution in [0.4, 0.5) is 8.78 Å². The summed E-state index contributed by atoms with van der Waals surface area (Å²) in [6.07, 6.45) is 5.65. The number of fused-ring (bicyclic) bond motifs is 1. The van der Waals surface area contributed by atoms with Crippen LogP contribution >= 0.6 is 0 Å². The van der Waals surface area contributed by atoms with Crippen molar-refractivity contribution in [3.05, 3.63) is 64.5 Å². The molecule has 2 aliphatic rings. The molecule has 8 nitrogen and oxygen atoms in total. The standard InChI is InChI=1S/C23H19F2N5O3/c24-23(25)8-17(9-26)30(13-23)20(31)12-29-22(33)19-5-6-27-10-15(19)3-1-14-2-4-18-16(7-14)11-28-21(18)32/h1-7,10,17H,8,11-13H2,(H,28,32)(H,29,33)/b3-1+. The van der Waals surface area contributed by atoms with Gasteiger partial charge >= 0.3 is 0 Å². The highest BCUT2D eigenvalue weighted by Crippen LogP contribution is 2.31. The fourth-order valence-corrected chi connectivity index (χ4v) is 3.84. The van der Waals surface area contributed by atoms with Crippen molar-refractivity contribution < 1.29 is 23.2 Å². The number of halogens is 2. The molecule has 168 valence electrons. The average molecular weight is 451 g/mol. The van der Waals surface area contributed by atoms with Gasteiger partial charge in [-0.2, -0.15) is 5.26 Å². The number of amides is 3. The molecule has 0 radical (unpaired) electrons. The van der Waals surface area contributed by atoms with E-state index in [-0.39, 0.29) is 11.5 Å². The van der Waals surface area contributed by atoms with Gasteiger partial charge in [0.1, 0.15) is 6.04 Å². The molecule has 4 rings (SSSR count). The van der Waals surface area contributed by atoms with Crippen LogP contribution in [0.3, 0.4) is 0 Å². The summed E-state index contributed by atoms with van der Waals surface area (Å²) in [7, 11) is 0. The first-order chi connectivity index (χ1) is 15.8. The Morgan fingerprint density at radius 2 is 2.15 bits per heavy atom. The fraction of sp³-hybridized carbons (Fsp3) is 0.261. The second kappa shape index (κ2) is 8.78. The molecule has 3 heterocycles. The van der Waals surface area contributed by atoms with Crippen molar-refractivity contribution in [1.82, 2.24) is 20.5 Å². The van der Waals surface area contributed by atoms with E-state index in [1.807, 2.05) is 6.07 Å². The van der Waals surface area contributed by atoms with Crippen LogP contribution in [0.25, 0.3) is 12.2 Å². The second-order valence-corrected chi connectivity index (χ2v) is 7.80. The highest BCUT2D eigenvalue weighted by atomic mass is 19.3. The molecule has 2 aromatic rings. The Kier molecular flexibility index (Phi) is 5.87. The smallest absolute Gasteiger partial charge is 0.268 e. The monoisotopic (exact) mass is 451 g/mol. The summed E-state index contributed by atoms with van der Waals surface area (Å²) in [5.41, 5.74) is 3.07. The number of hydrogen-bond donors (Lipinski definition) is 2. The molecule has 10 heteroatoms. The number of nitrogens with one attached hydrogen (secondary N) is 2. The highest BCUT2D eigenvalue weighted by Gasteiger charge is 2.47. The largest absolute Gasteiger partial charge is 0.348 e. The first kappa shape index (κ1) is 22.1. The summed E-state index contributed by atoms with van der Waals surface area (Å²) in [5, 5.41) is 14.2. The molecule has 0 saturated carbocycles. The lowest BCUT2D eigenvalue weighted by Gasteiger charge is -2.19. The van der Waals surface area contributed by atoms with Gasteiger partial charge in [-0.15, -0.1) is 0 Å². The van der Waals surface area contributed by atoms with E-state index in [4.69, 9.17) is 5.26 Å². The second-order valence-electron chi connectivity index (χ2n) is 7.80. The van der Waals surface area contributed by atoms with Gasteiger partial charge in [-0.1, -0.05) is 18.2 Å². The third-order valence-electron chi connectivity index (χ3n) is 5.50. The summed E-state index contributed by atoms with van der Waals surface area (Å²) < 4.78 is 27.1. The Morgan fingerprint density at radius 3 is 2.94 bits per heavy atom. The minimum atomic E-state index is -3.12. The number of aromatic nitrogens is 1. The Morgan fingerprint density at radius 1 is 1.33 bits per heavy atom. The lowest BCUT2D eigenvalue weighted by atomic mass is 10.0. The molecule has 1 aromatic carbocycles. The molecule has 2 aliphatic heterocycles. The molecule has 1 unspecified atom stereocenters. The van der Waals surface area contributed by atoms with E-state index in [0.717, 1.165) is 16.0 Å². The molecule has 1 fully saturated rings. The van der Waals surface area contributed by atoms with Crippen molar-refractivity contribution in [2.45, 2.75) is 24.9 Å².